The zero-order chi connectivity index (χ0) is 15.5. The van der Waals surface area contributed by atoms with E-state index in [1.165, 1.54) is 17.9 Å². The number of hydrogen-bond acceptors (Lipinski definition) is 4. The summed E-state index contributed by atoms with van der Waals surface area (Å²) in [7, 11) is -2.21. The monoisotopic (exact) mass is 363 g/mol. The molecule has 0 aliphatic rings. The first kappa shape index (κ1) is 16.9. The third-order valence-electron chi connectivity index (χ3n) is 2.80. The van der Waals surface area contributed by atoms with Crippen molar-refractivity contribution in [2.45, 2.75) is 24.8 Å². The zero-order valence-corrected chi connectivity index (χ0v) is 14.0. The Labute approximate surface area is 127 Å². The van der Waals surface area contributed by atoms with Gasteiger partial charge in [-0.05, 0) is 48.0 Å². The summed E-state index contributed by atoms with van der Waals surface area (Å²) < 4.78 is 27.3. The van der Waals surface area contributed by atoms with Crippen LogP contribution in [0.3, 0.4) is 0 Å². The normalized spacial score (nSPS) is 13.0. The number of hydrogen-bond donors (Lipinski definition) is 2. The molecule has 0 saturated heterocycles. The van der Waals surface area contributed by atoms with E-state index < -0.39 is 16.1 Å². The molecule has 0 saturated carbocycles. The van der Waals surface area contributed by atoms with Gasteiger partial charge in [-0.25, -0.2) is 8.42 Å². The average molecular weight is 364 g/mol. The lowest BCUT2D eigenvalue weighted by atomic mass is 10.3. The van der Waals surface area contributed by atoms with Crippen LogP contribution in [0.1, 0.15) is 13.8 Å². The molecule has 0 fully saturated rings. The Hall–Kier alpha value is -1.12. The van der Waals surface area contributed by atoms with Gasteiger partial charge in [0.05, 0.1) is 10.9 Å². The summed E-state index contributed by atoms with van der Waals surface area (Å²) in [5.41, 5.74) is 5.93. The van der Waals surface area contributed by atoms with Gasteiger partial charge in [-0.1, -0.05) is 0 Å². The van der Waals surface area contributed by atoms with Gasteiger partial charge < -0.3 is 10.6 Å². The molecule has 1 atom stereocenters. The van der Waals surface area contributed by atoms with Crippen molar-refractivity contribution in [2.24, 2.45) is 0 Å². The lowest BCUT2D eigenvalue weighted by Gasteiger charge is -2.20. The van der Waals surface area contributed by atoms with Crippen molar-refractivity contribution < 1.29 is 13.2 Å². The molecular formula is C12H18BrN3O3S. The number of rotatable bonds is 5. The third kappa shape index (κ3) is 3.94. The molecule has 0 aliphatic heterocycles. The fraction of sp³-hybridized carbons (Fsp3) is 0.417. The van der Waals surface area contributed by atoms with Crippen LogP contribution in [0.25, 0.3) is 0 Å². The molecule has 0 heterocycles. The third-order valence-corrected chi connectivity index (χ3v) is 5.33. The SMILES string of the molecule is CCN(C)C(=O)C(C)NS(=O)(=O)c1cc(N)ccc1Br. The van der Waals surface area contributed by atoms with Crippen LogP contribution >= 0.6 is 15.9 Å². The van der Waals surface area contributed by atoms with Crippen molar-refractivity contribution >= 4 is 37.5 Å². The van der Waals surface area contributed by atoms with Gasteiger partial charge in [-0.15, -0.1) is 0 Å². The molecule has 1 aromatic carbocycles. The van der Waals surface area contributed by atoms with Gasteiger partial charge in [0.2, 0.25) is 15.9 Å². The van der Waals surface area contributed by atoms with E-state index in [9.17, 15) is 13.2 Å². The smallest absolute Gasteiger partial charge is 0.242 e. The lowest BCUT2D eigenvalue weighted by molar-refractivity contribution is -0.131. The van der Waals surface area contributed by atoms with Gasteiger partial charge in [-0.3, -0.25) is 4.79 Å². The van der Waals surface area contributed by atoms with Gasteiger partial charge in [0.1, 0.15) is 0 Å². The minimum absolute atomic E-state index is 0.0105. The Kier molecular flexibility index (Phi) is 5.55. The number of halogens is 1. The summed E-state index contributed by atoms with van der Waals surface area (Å²) in [5, 5.41) is 0. The number of nitrogen functional groups attached to an aromatic ring is 1. The maximum Gasteiger partial charge on any atom is 0.242 e. The molecule has 20 heavy (non-hydrogen) atoms. The van der Waals surface area contributed by atoms with Crippen LogP contribution in [0.5, 0.6) is 0 Å². The molecule has 3 N–H and O–H groups in total. The predicted octanol–water partition coefficient (Wildman–Crippen LogP) is 1.18. The molecule has 0 radical (unpaired) electrons. The van der Waals surface area contributed by atoms with Crippen molar-refractivity contribution in [1.29, 1.82) is 0 Å². The molecule has 0 spiro atoms. The largest absolute Gasteiger partial charge is 0.399 e. The van der Waals surface area contributed by atoms with Gasteiger partial charge in [0.15, 0.2) is 0 Å². The molecule has 8 heteroatoms. The summed E-state index contributed by atoms with van der Waals surface area (Å²) >= 11 is 3.17. The molecule has 112 valence electrons. The number of nitrogens with zero attached hydrogens (tertiary/aromatic N) is 1. The van der Waals surface area contributed by atoms with Crippen LogP contribution in [-0.4, -0.2) is 38.9 Å². The van der Waals surface area contributed by atoms with Crippen LogP contribution in [0.4, 0.5) is 5.69 Å². The van der Waals surface area contributed by atoms with E-state index in [0.29, 0.717) is 16.7 Å². The number of anilines is 1. The number of benzene rings is 1. The highest BCUT2D eigenvalue weighted by molar-refractivity contribution is 9.10. The fourth-order valence-corrected chi connectivity index (χ4v) is 3.75. The first-order chi connectivity index (χ1) is 9.19. The molecule has 1 unspecified atom stereocenters. The molecule has 1 rings (SSSR count). The van der Waals surface area contributed by atoms with Crippen LogP contribution in [0.2, 0.25) is 0 Å². The van der Waals surface area contributed by atoms with Crippen molar-refractivity contribution in [1.82, 2.24) is 9.62 Å². The zero-order valence-electron chi connectivity index (χ0n) is 11.6. The van der Waals surface area contributed by atoms with E-state index in [2.05, 4.69) is 20.7 Å². The molecule has 0 aliphatic carbocycles. The number of amides is 1. The number of likely N-dealkylation sites (N-methyl/N-ethyl adjacent to an activating group) is 1. The molecular weight excluding hydrogens is 346 g/mol. The fourth-order valence-electron chi connectivity index (χ4n) is 1.56. The topological polar surface area (TPSA) is 92.5 Å². The van der Waals surface area contributed by atoms with Gasteiger partial charge in [0.25, 0.3) is 0 Å². The maximum atomic E-state index is 12.3. The standard InChI is InChI=1S/C12H18BrN3O3S/c1-4-16(3)12(17)8(2)15-20(18,19)11-7-9(14)5-6-10(11)13/h5-8,15H,4,14H2,1-3H3. The predicted molar refractivity (Wildman–Crippen MR) is 81.6 cm³/mol. The Bertz CT molecular complexity index is 604. The van der Waals surface area contributed by atoms with Crippen LogP contribution in [-0.2, 0) is 14.8 Å². The second kappa shape index (κ2) is 6.55. The van der Waals surface area contributed by atoms with Crippen LogP contribution < -0.4 is 10.5 Å². The molecule has 0 bridgehead atoms. The van der Waals surface area contributed by atoms with Crippen molar-refractivity contribution in [3.63, 3.8) is 0 Å². The van der Waals surface area contributed by atoms with Crippen molar-refractivity contribution in [3.8, 4) is 0 Å². The maximum absolute atomic E-state index is 12.3. The molecule has 6 nitrogen and oxygen atoms in total. The molecule has 1 aromatic rings. The second-order valence-electron chi connectivity index (χ2n) is 4.39. The Morgan fingerprint density at radius 1 is 1.50 bits per heavy atom. The van der Waals surface area contributed by atoms with E-state index in [1.54, 1.807) is 19.2 Å². The number of carbonyl (C=O) groups excluding carboxylic acids is 1. The Morgan fingerprint density at radius 3 is 2.65 bits per heavy atom. The Balaban J connectivity index is 3.01. The summed E-state index contributed by atoms with van der Waals surface area (Å²) in [6.07, 6.45) is 0. The van der Waals surface area contributed by atoms with E-state index in [-0.39, 0.29) is 10.8 Å². The van der Waals surface area contributed by atoms with Crippen molar-refractivity contribution in [3.05, 3.63) is 22.7 Å². The highest BCUT2D eigenvalue weighted by Crippen LogP contribution is 2.24. The summed E-state index contributed by atoms with van der Waals surface area (Å²) in [6.45, 7) is 3.83. The van der Waals surface area contributed by atoms with Crippen LogP contribution in [0, 0.1) is 0 Å². The molecule has 1 amide bonds. The number of nitrogens with one attached hydrogen (secondary N) is 1. The quantitative estimate of drug-likeness (QED) is 0.768. The van der Waals surface area contributed by atoms with Gasteiger partial charge in [0, 0.05) is 23.8 Å². The van der Waals surface area contributed by atoms with Gasteiger partial charge >= 0.3 is 0 Å². The summed E-state index contributed by atoms with van der Waals surface area (Å²) in [6, 6.07) is 3.63. The highest BCUT2D eigenvalue weighted by atomic mass is 79.9. The van der Waals surface area contributed by atoms with E-state index in [1.807, 2.05) is 6.92 Å². The Morgan fingerprint density at radius 2 is 2.10 bits per heavy atom. The minimum atomic E-state index is -3.82. The highest BCUT2D eigenvalue weighted by Gasteiger charge is 2.25. The van der Waals surface area contributed by atoms with E-state index >= 15 is 0 Å². The van der Waals surface area contributed by atoms with E-state index in [0.717, 1.165) is 0 Å². The van der Waals surface area contributed by atoms with Gasteiger partial charge in [-0.2, -0.15) is 4.72 Å². The minimum Gasteiger partial charge on any atom is -0.399 e. The average Bonchev–Trinajstić information content (AvgIpc) is 2.39. The van der Waals surface area contributed by atoms with E-state index in [4.69, 9.17) is 5.73 Å². The first-order valence-corrected chi connectivity index (χ1v) is 8.29. The first-order valence-electron chi connectivity index (χ1n) is 6.01. The van der Waals surface area contributed by atoms with Crippen molar-refractivity contribution in [2.75, 3.05) is 19.3 Å². The number of sulfonamides is 1. The summed E-state index contributed by atoms with van der Waals surface area (Å²) in [4.78, 5) is 13.4. The number of nitrogens with two attached hydrogens (primary N) is 1. The number of carbonyl (C=O) groups is 1. The second-order valence-corrected chi connectivity index (χ2v) is 6.92. The van der Waals surface area contributed by atoms with Crippen LogP contribution in [0.15, 0.2) is 27.6 Å². The lowest BCUT2D eigenvalue weighted by Crippen LogP contribution is -2.45. The molecule has 0 aromatic heterocycles. The summed E-state index contributed by atoms with van der Waals surface area (Å²) in [5.74, 6) is -0.295.